The second kappa shape index (κ2) is 36.6. The number of aromatic amines is 2. The number of nitriles is 3. The molecule has 9 heterocycles. The molecule has 0 bridgehead atoms. The third kappa shape index (κ3) is 19.3. The van der Waals surface area contributed by atoms with Crippen molar-refractivity contribution in [3.05, 3.63) is 179 Å². The number of aromatic nitrogens is 9. The van der Waals surface area contributed by atoms with E-state index in [0.29, 0.717) is 114 Å². The van der Waals surface area contributed by atoms with Gasteiger partial charge in [-0.25, -0.2) is 42.5 Å². The standard InChI is InChI=1S/C34H38FN7O4.C30H32FN7O2.C26H25FN6.2ClH/c1-20-27-28(21-8-11-23(12-9-21)40-14-16-41(17-15-40)31(43)45-33(2,3)4)25(19-36)29(24-13-10-22(37)18-26(24)35)38-30(27)42(39-20)32(44)46-34(5,6)7;1-18-25-26(23(17-32)27(34-28(25)36-35-18)22-11-8-20(33-5)16-24(22)31)19-6-9-21(10-7-19)37-12-14-38(15-13-37)29(39)40-30(2,3)4;1-16-23-24(17-6-9-19(10-7-17)33-12-4-3-5-13-33)21(15-28)25(30-26(23)32-31-16)20-11-8-18(29-2)14-22(20)27;;/h8-13,18H,14-17,37H2,1-7H3;6-11,16,33H,12-15H2,1-5H3,(H,34,35,36);6-11,14,29H,3-5,12-13H2,1-2H3,(H,30,31,32);2*1H. The summed E-state index contributed by atoms with van der Waals surface area (Å²) in [5.74, 6) is -1.58. The molecule has 26 nitrogen and oxygen atoms in total. The summed E-state index contributed by atoms with van der Waals surface area (Å²) in [4.78, 5) is 62.2. The van der Waals surface area contributed by atoms with E-state index in [0.717, 1.165) is 74.1 Å². The number of benzene rings is 6. The molecule has 3 fully saturated rings. The van der Waals surface area contributed by atoms with E-state index in [4.69, 9.17) is 19.9 Å². The minimum absolute atomic E-state index is 0. The fourth-order valence-electron chi connectivity index (χ4n) is 15.0. The molecule has 6 aromatic heterocycles. The molecule has 2 amide bonds. The summed E-state index contributed by atoms with van der Waals surface area (Å²) in [6.07, 6.45) is 2.32. The Hall–Kier alpha value is -13.2. The van der Waals surface area contributed by atoms with Crippen molar-refractivity contribution in [2.45, 2.75) is 119 Å². The summed E-state index contributed by atoms with van der Waals surface area (Å²) >= 11 is 0. The van der Waals surface area contributed by atoms with Crippen molar-refractivity contribution in [2.24, 2.45) is 0 Å². The zero-order chi connectivity index (χ0) is 85.1. The summed E-state index contributed by atoms with van der Waals surface area (Å²) in [7, 11) is 3.45. The normalized spacial score (nSPS) is 13.6. The first kappa shape index (κ1) is 88.6. The lowest BCUT2D eigenvalue weighted by molar-refractivity contribution is 0.0230. The number of halogens is 5. The van der Waals surface area contributed by atoms with Gasteiger partial charge in [0, 0.05) is 158 Å². The summed E-state index contributed by atoms with van der Waals surface area (Å²) in [5.41, 5.74) is 17.7. The summed E-state index contributed by atoms with van der Waals surface area (Å²) in [5, 5.41) is 57.9. The Morgan fingerprint density at radius 1 is 0.446 bits per heavy atom. The molecule has 3 aliphatic heterocycles. The summed E-state index contributed by atoms with van der Waals surface area (Å²) in [6, 6.07) is 44.4. The molecule has 6 aromatic carbocycles. The third-order valence-corrected chi connectivity index (χ3v) is 20.7. The Morgan fingerprint density at radius 3 is 1.13 bits per heavy atom. The van der Waals surface area contributed by atoms with Crippen LogP contribution >= 0.6 is 24.8 Å². The van der Waals surface area contributed by atoms with Crippen LogP contribution < -0.4 is 31.1 Å². The highest BCUT2D eigenvalue weighted by molar-refractivity contribution is 6.05. The maximum atomic E-state index is 15.3. The number of hydrogen-bond donors (Lipinski definition) is 5. The lowest BCUT2D eigenvalue weighted by Crippen LogP contribution is -2.50. The molecular formula is C90H97Cl2F3N20O6. The lowest BCUT2D eigenvalue weighted by atomic mass is 9.93. The topological polar surface area (TPSA) is 330 Å². The number of piperazine rings is 2. The number of hydrogen-bond acceptors (Lipinski definition) is 21. The molecule has 12 aromatic rings. The smallest absolute Gasteiger partial charge is 0.437 e. The minimum Gasteiger partial charge on any atom is -0.444 e. The fraction of sp³-hybridized carbons (Fsp3) is 0.333. The Labute approximate surface area is 712 Å². The first-order valence-corrected chi connectivity index (χ1v) is 39.4. The van der Waals surface area contributed by atoms with E-state index < -0.39 is 40.3 Å². The number of nitrogens with two attached hydrogens (primary N) is 1. The van der Waals surface area contributed by atoms with Gasteiger partial charge in [0.05, 0.1) is 55.6 Å². The van der Waals surface area contributed by atoms with Gasteiger partial charge in [0.25, 0.3) is 0 Å². The molecule has 3 saturated heterocycles. The van der Waals surface area contributed by atoms with E-state index in [-0.39, 0.29) is 87.5 Å². The molecule has 0 atom stereocenters. The van der Waals surface area contributed by atoms with Gasteiger partial charge in [0.2, 0.25) is 0 Å². The van der Waals surface area contributed by atoms with Gasteiger partial charge in [-0.15, -0.1) is 29.5 Å². The van der Waals surface area contributed by atoms with Crippen molar-refractivity contribution in [2.75, 3.05) is 111 Å². The van der Waals surface area contributed by atoms with Crippen molar-refractivity contribution < 1.29 is 41.8 Å². The van der Waals surface area contributed by atoms with Crippen molar-refractivity contribution in [3.63, 3.8) is 0 Å². The number of aryl methyl sites for hydroxylation is 3. The van der Waals surface area contributed by atoms with Gasteiger partial charge < -0.3 is 55.1 Å². The second-order valence-corrected chi connectivity index (χ2v) is 32.5. The number of nitrogens with one attached hydrogen (secondary N) is 4. The van der Waals surface area contributed by atoms with Gasteiger partial charge >= 0.3 is 18.3 Å². The number of nitrogen functional groups attached to an aromatic ring is 1. The number of ether oxygens (including phenoxy) is 3. The van der Waals surface area contributed by atoms with Crippen LogP contribution in [0.3, 0.4) is 0 Å². The highest BCUT2D eigenvalue weighted by Crippen LogP contribution is 2.44. The number of piperidine rings is 1. The Kier molecular flexibility index (Phi) is 26.8. The van der Waals surface area contributed by atoms with Crippen LogP contribution in [0, 0.1) is 72.2 Å². The molecule has 628 valence electrons. The van der Waals surface area contributed by atoms with Crippen molar-refractivity contribution >= 4 is 110 Å². The summed E-state index contributed by atoms with van der Waals surface area (Å²) in [6.45, 7) is 28.7. The highest BCUT2D eigenvalue weighted by atomic mass is 35.5. The van der Waals surface area contributed by atoms with E-state index >= 15 is 13.2 Å². The van der Waals surface area contributed by atoms with E-state index in [1.54, 1.807) is 75.9 Å². The molecule has 15 rings (SSSR count). The molecule has 0 radical (unpaired) electrons. The Bertz CT molecular complexity index is 5990. The maximum Gasteiger partial charge on any atom is 0.437 e. The fourth-order valence-corrected chi connectivity index (χ4v) is 15.0. The van der Waals surface area contributed by atoms with Gasteiger partial charge in [-0.2, -0.15) is 31.1 Å². The van der Waals surface area contributed by atoms with Crippen LogP contribution in [-0.2, 0) is 14.2 Å². The van der Waals surface area contributed by atoms with Crippen LogP contribution in [0.5, 0.6) is 0 Å². The van der Waals surface area contributed by atoms with Crippen LogP contribution in [0.25, 0.3) is 100 Å². The zero-order valence-corrected chi connectivity index (χ0v) is 71.6. The molecule has 0 unspecified atom stereocenters. The van der Waals surface area contributed by atoms with Crippen LogP contribution in [0.1, 0.15) is 115 Å². The van der Waals surface area contributed by atoms with E-state index in [1.807, 2.05) is 116 Å². The van der Waals surface area contributed by atoms with E-state index in [2.05, 4.69) is 96.1 Å². The molecule has 31 heteroatoms. The number of anilines is 6. The predicted octanol–water partition coefficient (Wildman–Crippen LogP) is 18.7. The van der Waals surface area contributed by atoms with Crippen molar-refractivity contribution in [3.8, 4) is 85.4 Å². The molecule has 121 heavy (non-hydrogen) atoms. The Morgan fingerprint density at radius 2 is 0.785 bits per heavy atom. The highest BCUT2D eigenvalue weighted by Gasteiger charge is 2.33. The number of rotatable bonds is 11. The number of carbonyl (C=O) groups excluding carboxylic acids is 3. The Balaban J connectivity index is 0.000000178. The van der Waals surface area contributed by atoms with Crippen LogP contribution in [0.4, 0.5) is 61.7 Å². The molecule has 6 N–H and O–H groups in total. The van der Waals surface area contributed by atoms with Crippen molar-refractivity contribution in [1.29, 1.82) is 15.8 Å². The largest absolute Gasteiger partial charge is 0.444 e. The van der Waals surface area contributed by atoms with Crippen LogP contribution in [0.15, 0.2) is 127 Å². The average molecular weight is 1680 g/mol. The van der Waals surface area contributed by atoms with Crippen LogP contribution in [0.2, 0.25) is 0 Å². The number of H-pyrrole nitrogens is 2. The number of nitrogens with zero attached hydrogens (tertiary/aromatic N) is 15. The molecule has 0 aliphatic carbocycles. The number of amides is 2. The first-order chi connectivity index (χ1) is 56.7. The minimum atomic E-state index is -0.807. The first-order valence-electron chi connectivity index (χ1n) is 39.4. The average Bonchev–Trinajstić information content (AvgIpc) is 1.55. The zero-order valence-electron chi connectivity index (χ0n) is 70.0. The monoisotopic (exact) mass is 1680 g/mol. The lowest BCUT2D eigenvalue weighted by Gasteiger charge is -2.36. The third-order valence-electron chi connectivity index (χ3n) is 20.7. The number of pyridine rings is 3. The maximum absolute atomic E-state index is 15.3. The molecule has 0 saturated carbocycles. The van der Waals surface area contributed by atoms with Crippen molar-refractivity contribution in [1.82, 2.24) is 54.9 Å². The van der Waals surface area contributed by atoms with Gasteiger partial charge in [-0.1, -0.05) is 36.4 Å². The SMILES string of the molecule is CNc1ccc(-c2nc3n[nH]c(C)c3c(-c3ccc(N4CCCCC4)cc3)c2C#N)c(F)c1.CNc1ccc(-c2nc3n[nH]c(C)c3c(-c3ccc(N4CCN(C(=O)OC(C)(C)C)CC4)cc3)c2C#N)c(F)c1.Cc1nn(C(=O)OC(C)(C)C)c2nc(-c3ccc(N)cc3F)c(C#N)c(-c3ccc(N4CCN(C(=O)OC(C)(C)C)CC4)cc3)c12.Cl.Cl. The number of fused-ring (bicyclic) bond motifs is 3. The van der Waals surface area contributed by atoms with Crippen LogP contribution in [-0.4, -0.2) is 170 Å². The molecule has 0 spiro atoms. The number of carbonyl (C=O) groups is 3. The van der Waals surface area contributed by atoms with E-state index in [1.165, 1.54) is 49.2 Å². The quantitative estimate of drug-likeness (QED) is 0.0593. The second-order valence-electron chi connectivity index (χ2n) is 32.5. The predicted molar refractivity (Wildman–Crippen MR) is 472 cm³/mol. The molecular weight excluding hydrogens is 1590 g/mol. The van der Waals surface area contributed by atoms with Gasteiger partial charge in [-0.05, 0) is 210 Å². The summed E-state index contributed by atoms with van der Waals surface area (Å²) < 4.78 is 63.1. The van der Waals surface area contributed by atoms with Gasteiger partial charge in [0.15, 0.2) is 16.9 Å². The van der Waals surface area contributed by atoms with Gasteiger partial charge in [-0.3, -0.25) is 10.2 Å². The molecule has 3 aliphatic rings. The van der Waals surface area contributed by atoms with E-state index in [9.17, 15) is 30.2 Å². The van der Waals surface area contributed by atoms with Gasteiger partial charge in [0.1, 0.15) is 52.5 Å².